The molecule has 0 spiro atoms. The minimum absolute atomic E-state index is 0.803. The first-order chi connectivity index (χ1) is 9.56. The van der Waals surface area contributed by atoms with Crippen LogP contribution in [0.4, 0.5) is 11.4 Å². The van der Waals surface area contributed by atoms with Gasteiger partial charge in [0.1, 0.15) is 0 Å². The van der Waals surface area contributed by atoms with E-state index in [1.165, 1.54) is 11.1 Å². The molecular formula is C17H21ClN2. The molecular weight excluding hydrogens is 268 g/mol. The maximum absolute atomic E-state index is 6.10. The van der Waals surface area contributed by atoms with Gasteiger partial charge in [0, 0.05) is 29.5 Å². The number of rotatable bonds is 5. The van der Waals surface area contributed by atoms with Crippen LogP contribution in [-0.4, -0.2) is 13.1 Å². The predicted octanol–water partition coefficient (Wildman–Crippen LogP) is 4.79. The van der Waals surface area contributed by atoms with E-state index < -0.39 is 0 Å². The molecule has 0 saturated carbocycles. The van der Waals surface area contributed by atoms with Gasteiger partial charge in [-0.2, -0.15) is 0 Å². The molecule has 2 N–H and O–H groups in total. The van der Waals surface area contributed by atoms with Crippen LogP contribution in [0.5, 0.6) is 0 Å². The van der Waals surface area contributed by atoms with Gasteiger partial charge in [-0.1, -0.05) is 23.7 Å². The Morgan fingerprint density at radius 3 is 1.85 bits per heavy atom. The topological polar surface area (TPSA) is 24.1 Å². The first kappa shape index (κ1) is 14.7. The van der Waals surface area contributed by atoms with Crippen molar-refractivity contribution in [3.05, 3.63) is 58.1 Å². The van der Waals surface area contributed by atoms with Gasteiger partial charge in [-0.15, -0.1) is 0 Å². The smallest absolute Gasteiger partial charge is 0.0455 e. The van der Waals surface area contributed by atoms with Crippen LogP contribution in [0.25, 0.3) is 0 Å². The fraction of sp³-hybridized carbons (Fsp3) is 0.294. The van der Waals surface area contributed by atoms with E-state index >= 15 is 0 Å². The Labute approximate surface area is 126 Å². The van der Waals surface area contributed by atoms with Crippen molar-refractivity contribution in [1.82, 2.24) is 0 Å². The summed E-state index contributed by atoms with van der Waals surface area (Å²) in [5.41, 5.74) is 5.96. The van der Waals surface area contributed by atoms with Crippen molar-refractivity contribution in [1.29, 1.82) is 0 Å². The average Bonchev–Trinajstić information content (AvgIpc) is 2.42. The summed E-state index contributed by atoms with van der Waals surface area (Å²) in [5, 5.41) is 7.58. The van der Waals surface area contributed by atoms with Gasteiger partial charge in [-0.05, 0) is 61.7 Å². The SMILES string of the molecule is Cc1ccc(NCCNc2ccc(C)c(Cl)c2)cc1C. The maximum atomic E-state index is 6.10. The molecule has 20 heavy (non-hydrogen) atoms. The zero-order chi connectivity index (χ0) is 14.5. The second-order valence-electron chi connectivity index (χ2n) is 5.12. The molecule has 2 aromatic carbocycles. The minimum atomic E-state index is 0.803. The highest BCUT2D eigenvalue weighted by Crippen LogP contribution is 2.19. The van der Waals surface area contributed by atoms with E-state index in [1.807, 2.05) is 19.1 Å². The molecule has 0 aromatic heterocycles. The summed E-state index contributed by atoms with van der Waals surface area (Å²) < 4.78 is 0. The standard InChI is InChI=1S/C17H21ClN2/c1-12-4-6-15(10-14(12)3)19-8-9-20-16-7-5-13(2)17(18)11-16/h4-7,10-11,19-20H,8-9H2,1-3H3. The van der Waals surface area contributed by atoms with Crippen molar-refractivity contribution in [2.45, 2.75) is 20.8 Å². The molecule has 2 nitrogen and oxygen atoms in total. The second-order valence-corrected chi connectivity index (χ2v) is 5.52. The fourth-order valence-electron chi connectivity index (χ4n) is 1.97. The normalized spacial score (nSPS) is 10.4. The van der Waals surface area contributed by atoms with E-state index in [0.29, 0.717) is 0 Å². The van der Waals surface area contributed by atoms with E-state index in [0.717, 1.165) is 35.1 Å². The molecule has 0 fully saturated rings. The van der Waals surface area contributed by atoms with Crippen molar-refractivity contribution < 1.29 is 0 Å². The molecule has 0 amide bonds. The first-order valence-corrected chi connectivity index (χ1v) is 7.25. The molecule has 0 radical (unpaired) electrons. The van der Waals surface area contributed by atoms with Gasteiger partial charge in [-0.25, -0.2) is 0 Å². The molecule has 2 rings (SSSR count). The monoisotopic (exact) mass is 288 g/mol. The molecule has 106 valence electrons. The highest BCUT2D eigenvalue weighted by Gasteiger charge is 1.98. The van der Waals surface area contributed by atoms with Gasteiger partial charge in [0.25, 0.3) is 0 Å². The van der Waals surface area contributed by atoms with Gasteiger partial charge >= 0.3 is 0 Å². The Balaban J connectivity index is 1.81. The van der Waals surface area contributed by atoms with Gasteiger partial charge in [0.05, 0.1) is 0 Å². The summed E-state index contributed by atoms with van der Waals surface area (Å²) in [7, 11) is 0. The Bertz CT molecular complexity index is 540. The number of benzene rings is 2. The quantitative estimate of drug-likeness (QED) is 0.773. The lowest BCUT2D eigenvalue weighted by Gasteiger charge is -2.11. The van der Waals surface area contributed by atoms with Crippen LogP contribution in [0.15, 0.2) is 36.4 Å². The lowest BCUT2D eigenvalue weighted by molar-refractivity contribution is 1.08. The number of aryl methyl sites for hydroxylation is 3. The summed E-state index contributed by atoms with van der Waals surface area (Å²) in [6, 6.07) is 12.5. The van der Waals surface area contributed by atoms with E-state index in [1.54, 1.807) is 0 Å². The van der Waals surface area contributed by atoms with Crippen molar-refractivity contribution in [2.24, 2.45) is 0 Å². The van der Waals surface area contributed by atoms with E-state index in [9.17, 15) is 0 Å². The molecule has 0 heterocycles. The maximum Gasteiger partial charge on any atom is 0.0455 e. The van der Waals surface area contributed by atoms with Gasteiger partial charge < -0.3 is 10.6 Å². The van der Waals surface area contributed by atoms with Gasteiger partial charge in [0.2, 0.25) is 0 Å². The predicted molar refractivity (Wildman–Crippen MR) is 89.1 cm³/mol. The van der Waals surface area contributed by atoms with Crippen LogP contribution in [0.2, 0.25) is 5.02 Å². The van der Waals surface area contributed by atoms with Crippen LogP contribution in [0.1, 0.15) is 16.7 Å². The van der Waals surface area contributed by atoms with Crippen molar-refractivity contribution >= 4 is 23.0 Å². The highest BCUT2D eigenvalue weighted by molar-refractivity contribution is 6.31. The minimum Gasteiger partial charge on any atom is -0.383 e. The molecule has 0 aliphatic heterocycles. The molecule has 0 aliphatic rings. The third kappa shape index (κ3) is 3.91. The van der Waals surface area contributed by atoms with Gasteiger partial charge in [-0.3, -0.25) is 0 Å². The first-order valence-electron chi connectivity index (χ1n) is 6.87. The van der Waals surface area contributed by atoms with Gasteiger partial charge in [0.15, 0.2) is 0 Å². The van der Waals surface area contributed by atoms with E-state index in [-0.39, 0.29) is 0 Å². The second kappa shape index (κ2) is 6.67. The summed E-state index contributed by atoms with van der Waals surface area (Å²) in [6.07, 6.45) is 0. The fourth-order valence-corrected chi connectivity index (χ4v) is 2.15. The third-order valence-corrected chi connectivity index (χ3v) is 3.87. The molecule has 0 bridgehead atoms. The molecule has 3 heteroatoms. The number of hydrogen-bond acceptors (Lipinski definition) is 2. The van der Waals surface area contributed by atoms with Crippen molar-refractivity contribution in [3.8, 4) is 0 Å². The zero-order valence-corrected chi connectivity index (χ0v) is 13.0. The van der Waals surface area contributed by atoms with Crippen molar-refractivity contribution in [3.63, 3.8) is 0 Å². The van der Waals surface area contributed by atoms with Crippen LogP contribution >= 0.6 is 11.6 Å². The largest absolute Gasteiger partial charge is 0.383 e. The molecule has 2 aromatic rings. The van der Waals surface area contributed by atoms with Crippen molar-refractivity contribution in [2.75, 3.05) is 23.7 Å². The van der Waals surface area contributed by atoms with Crippen LogP contribution in [-0.2, 0) is 0 Å². The Morgan fingerprint density at radius 2 is 1.30 bits per heavy atom. The summed E-state index contributed by atoms with van der Waals surface area (Å²) in [4.78, 5) is 0. The number of halogens is 1. The number of hydrogen-bond donors (Lipinski definition) is 2. The molecule has 0 unspecified atom stereocenters. The summed E-state index contributed by atoms with van der Waals surface area (Å²) >= 11 is 6.10. The lowest BCUT2D eigenvalue weighted by atomic mass is 10.1. The summed E-state index contributed by atoms with van der Waals surface area (Å²) in [6.45, 7) is 7.99. The molecule has 0 aliphatic carbocycles. The Kier molecular flexibility index (Phi) is 4.91. The zero-order valence-electron chi connectivity index (χ0n) is 12.3. The average molecular weight is 289 g/mol. The van der Waals surface area contributed by atoms with E-state index in [2.05, 4.69) is 48.7 Å². The third-order valence-electron chi connectivity index (χ3n) is 3.46. The van der Waals surface area contributed by atoms with Crippen LogP contribution < -0.4 is 10.6 Å². The molecule has 0 saturated heterocycles. The molecule has 0 atom stereocenters. The number of nitrogens with one attached hydrogen (secondary N) is 2. The summed E-state index contributed by atoms with van der Waals surface area (Å²) in [5.74, 6) is 0. The Morgan fingerprint density at radius 1 is 0.750 bits per heavy atom. The van der Waals surface area contributed by atoms with Crippen LogP contribution in [0, 0.1) is 20.8 Å². The highest BCUT2D eigenvalue weighted by atomic mass is 35.5. The van der Waals surface area contributed by atoms with E-state index in [4.69, 9.17) is 11.6 Å². The van der Waals surface area contributed by atoms with Crippen LogP contribution in [0.3, 0.4) is 0 Å². The lowest BCUT2D eigenvalue weighted by Crippen LogP contribution is -2.13. The number of anilines is 2. The Hall–Kier alpha value is -1.67.